The third-order valence-corrected chi connectivity index (χ3v) is 5.25. The molecule has 0 N–H and O–H groups in total. The summed E-state index contributed by atoms with van der Waals surface area (Å²) in [4.78, 5) is 21.2. The maximum atomic E-state index is 12.2. The molecule has 24 heavy (non-hydrogen) atoms. The number of nitrogens with zero attached hydrogens (tertiary/aromatic N) is 4. The van der Waals surface area contributed by atoms with Gasteiger partial charge in [0.2, 0.25) is 11.8 Å². The molecule has 1 aromatic rings. The number of rotatable bonds is 4. The Morgan fingerprint density at radius 3 is 2.71 bits per heavy atom. The van der Waals surface area contributed by atoms with Gasteiger partial charge in [0.15, 0.2) is 5.82 Å². The van der Waals surface area contributed by atoms with E-state index in [-0.39, 0.29) is 0 Å². The molecule has 3 fully saturated rings. The van der Waals surface area contributed by atoms with E-state index >= 15 is 0 Å². The van der Waals surface area contributed by atoms with Crippen LogP contribution in [0.1, 0.15) is 49.7 Å². The SMILES string of the molecule is O=C(C1CC1)N1CCCN(Cc2noc(C3CCOCC3)n2)CC1. The average molecular weight is 334 g/mol. The van der Waals surface area contributed by atoms with E-state index in [9.17, 15) is 4.79 Å². The Morgan fingerprint density at radius 1 is 1.08 bits per heavy atom. The minimum atomic E-state index is 0.316. The normalized spacial score (nSPS) is 24.1. The van der Waals surface area contributed by atoms with E-state index in [4.69, 9.17) is 9.26 Å². The Labute approximate surface area is 142 Å². The summed E-state index contributed by atoms with van der Waals surface area (Å²) in [6.07, 6.45) is 5.10. The van der Waals surface area contributed by atoms with Crippen molar-refractivity contribution in [2.24, 2.45) is 5.92 Å². The van der Waals surface area contributed by atoms with Gasteiger partial charge in [0, 0.05) is 51.2 Å². The fraction of sp³-hybridized carbons (Fsp3) is 0.824. The van der Waals surface area contributed by atoms with Crippen molar-refractivity contribution < 1.29 is 14.1 Å². The van der Waals surface area contributed by atoms with Crippen LogP contribution in [0, 0.1) is 5.92 Å². The van der Waals surface area contributed by atoms with Gasteiger partial charge in [-0.25, -0.2) is 0 Å². The van der Waals surface area contributed by atoms with Crippen LogP contribution >= 0.6 is 0 Å². The van der Waals surface area contributed by atoms with E-state index in [2.05, 4.69) is 15.0 Å². The standard InChI is InChI=1S/C17H26N4O3/c22-17(14-2-3-14)21-7-1-6-20(8-9-21)12-15-18-16(24-19-15)13-4-10-23-11-5-13/h13-14H,1-12H2. The van der Waals surface area contributed by atoms with Crippen molar-refractivity contribution in [3.63, 3.8) is 0 Å². The molecule has 2 aliphatic heterocycles. The van der Waals surface area contributed by atoms with E-state index in [0.717, 1.165) is 83.2 Å². The summed E-state index contributed by atoms with van der Waals surface area (Å²) in [5.41, 5.74) is 0. The zero-order valence-corrected chi connectivity index (χ0v) is 14.2. The lowest BCUT2D eigenvalue weighted by atomic mass is 10.0. The molecule has 2 saturated heterocycles. The maximum absolute atomic E-state index is 12.2. The van der Waals surface area contributed by atoms with Crippen LogP contribution in [0.2, 0.25) is 0 Å². The maximum Gasteiger partial charge on any atom is 0.229 e. The third kappa shape index (κ3) is 3.78. The first-order valence-corrected chi connectivity index (χ1v) is 9.21. The van der Waals surface area contributed by atoms with Gasteiger partial charge in [-0.15, -0.1) is 0 Å². The van der Waals surface area contributed by atoms with E-state index in [1.165, 1.54) is 0 Å². The average Bonchev–Trinajstić information content (AvgIpc) is 3.40. The molecule has 1 amide bonds. The van der Waals surface area contributed by atoms with Gasteiger partial charge in [0.25, 0.3) is 0 Å². The minimum Gasteiger partial charge on any atom is -0.381 e. The summed E-state index contributed by atoms with van der Waals surface area (Å²) in [6, 6.07) is 0. The zero-order valence-electron chi connectivity index (χ0n) is 14.2. The Hall–Kier alpha value is -1.47. The lowest BCUT2D eigenvalue weighted by Gasteiger charge is -2.21. The lowest BCUT2D eigenvalue weighted by molar-refractivity contribution is -0.132. The van der Waals surface area contributed by atoms with E-state index < -0.39 is 0 Å². The molecule has 1 saturated carbocycles. The van der Waals surface area contributed by atoms with Crippen molar-refractivity contribution in [2.45, 2.75) is 44.6 Å². The monoisotopic (exact) mass is 334 g/mol. The molecule has 0 spiro atoms. The molecular formula is C17H26N4O3. The molecule has 0 unspecified atom stereocenters. The fourth-order valence-corrected chi connectivity index (χ4v) is 3.58. The Bertz CT molecular complexity index is 566. The molecule has 0 radical (unpaired) electrons. The van der Waals surface area contributed by atoms with Crippen molar-refractivity contribution >= 4 is 5.91 Å². The van der Waals surface area contributed by atoms with Crippen molar-refractivity contribution in [1.82, 2.24) is 19.9 Å². The number of aromatic nitrogens is 2. The predicted molar refractivity (Wildman–Crippen MR) is 86.3 cm³/mol. The lowest BCUT2D eigenvalue weighted by Crippen LogP contribution is -2.36. The highest BCUT2D eigenvalue weighted by atomic mass is 16.5. The predicted octanol–water partition coefficient (Wildman–Crippen LogP) is 1.41. The van der Waals surface area contributed by atoms with Gasteiger partial charge in [-0.05, 0) is 32.1 Å². The first-order valence-electron chi connectivity index (χ1n) is 9.21. The van der Waals surface area contributed by atoms with Crippen LogP contribution in [-0.4, -0.2) is 65.2 Å². The molecule has 3 heterocycles. The van der Waals surface area contributed by atoms with Crippen molar-refractivity contribution in [3.8, 4) is 0 Å². The van der Waals surface area contributed by atoms with Crippen molar-refractivity contribution in [2.75, 3.05) is 39.4 Å². The minimum absolute atomic E-state index is 0.316. The highest BCUT2D eigenvalue weighted by molar-refractivity contribution is 5.81. The van der Waals surface area contributed by atoms with Crippen LogP contribution in [0.15, 0.2) is 4.52 Å². The molecule has 3 aliphatic rings. The van der Waals surface area contributed by atoms with Crippen molar-refractivity contribution in [1.29, 1.82) is 0 Å². The molecule has 4 rings (SSSR count). The summed E-state index contributed by atoms with van der Waals surface area (Å²) in [6.45, 7) is 5.83. The van der Waals surface area contributed by atoms with Gasteiger partial charge in [-0.3, -0.25) is 9.69 Å². The van der Waals surface area contributed by atoms with Crippen LogP contribution in [0.25, 0.3) is 0 Å². The van der Waals surface area contributed by atoms with E-state index in [1.807, 2.05) is 4.90 Å². The van der Waals surface area contributed by atoms with Crippen LogP contribution < -0.4 is 0 Å². The molecule has 1 aliphatic carbocycles. The van der Waals surface area contributed by atoms with Gasteiger partial charge in [-0.1, -0.05) is 5.16 Å². The Kier molecular flexibility index (Phi) is 4.80. The van der Waals surface area contributed by atoms with E-state index in [0.29, 0.717) is 24.3 Å². The van der Waals surface area contributed by atoms with Gasteiger partial charge in [-0.2, -0.15) is 4.98 Å². The topological polar surface area (TPSA) is 71.7 Å². The number of carbonyl (C=O) groups is 1. The molecule has 0 atom stereocenters. The molecule has 1 aromatic heterocycles. The second kappa shape index (κ2) is 7.19. The summed E-state index contributed by atoms with van der Waals surface area (Å²) < 4.78 is 10.9. The second-order valence-corrected chi connectivity index (χ2v) is 7.16. The Balaban J connectivity index is 1.30. The number of amides is 1. The Morgan fingerprint density at radius 2 is 1.92 bits per heavy atom. The molecule has 132 valence electrons. The van der Waals surface area contributed by atoms with Gasteiger partial charge < -0.3 is 14.2 Å². The quantitative estimate of drug-likeness (QED) is 0.829. The van der Waals surface area contributed by atoms with Crippen LogP contribution in [-0.2, 0) is 16.1 Å². The summed E-state index contributed by atoms with van der Waals surface area (Å²) >= 11 is 0. The third-order valence-electron chi connectivity index (χ3n) is 5.25. The molecule has 7 heteroatoms. The van der Waals surface area contributed by atoms with Crippen molar-refractivity contribution in [3.05, 3.63) is 11.7 Å². The molecular weight excluding hydrogens is 308 g/mol. The summed E-state index contributed by atoms with van der Waals surface area (Å²) in [5, 5.41) is 4.16. The molecule has 0 aromatic carbocycles. The zero-order chi connectivity index (χ0) is 16.4. The first kappa shape index (κ1) is 16.0. The number of hydrogen-bond donors (Lipinski definition) is 0. The fourth-order valence-electron chi connectivity index (χ4n) is 3.58. The summed E-state index contributed by atoms with van der Waals surface area (Å²) in [5.74, 6) is 2.54. The van der Waals surface area contributed by atoms with Gasteiger partial charge >= 0.3 is 0 Å². The smallest absolute Gasteiger partial charge is 0.229 e. The van der Waals surface area contributed by atoms with Crippen LogP contribution in [0.5, 0.6) is 0 Å². The molecule has 7 nitrogen and oxygen atoms in total. The summed E-state index contributed by atoms with van der Waals surface area (Å²) in [7, 11) is 0. The van der Waals surface area contributed by atoms with Gasteiger partial charge in [0.05, 0.1) is 6.54 Å². The number of ether oxygens (including phenoxy) is 1. The largest absolute Gasteiger partial charge is 0.381 e. The molecule has 0 bridgehead atoms. The first-order chi connectivity index (χ1) is 11.8. The van der Waals surface area contributed by atoms with E-state index in [1.54, 1.807) is 0 Å². The number of carbonyl (C=O) groups excluding carboxylic acids is 1. The van der Waals surface area contributed by atoms with Gasteiger partial charge in [0.1, 0.15) is 0 Å². The highest BCUT2D eigenvalue weighted by Crippen LogP contribution is 2.31. The van der Waals surface area contributed by atoms with Crippen LogP contribution in [0.4, 0.5) is 0 Å². The highest BCUT2D eigenvalue weighted by Gasteiger charge is 2.34. The van der Waals surface area contributed by atoms with Crippen LogP contribution in [0.3, 0.4) is 0 Å². The number of hydrogen-bond acceptors (Lipinski definition) is 6. The second-order valence-electron chi connectivity index (χ2n) is 7.16.